The molecule has 2 aromatic heterocycles. The Morgan fingerprint density at radius 3 is 2.70 bits per heavy atom. The lowest BCUT2D eigenvalue weighted by Gasteiger charge is -2.37. The van der Waals surface area contributed by atoms with Crippen molar-refractivity contribution < 1.29 is 9.59 Å². The van der Waals surface area contributed by atoms with Crippen molar-refractivity contribution in [2.75, 3.05) is 6.54 Å². The average molecular weight is 463 g/mol. The molecule has 0 radical (unpaired) electrons. The summed E-state index contributed by atoms with van der Waals surface area (Å²) in [5.74, 6) is 0.958. The van der Waals surface area contributed by atoms with Gasteiger partial charge in [0.2, 0.25) is 5.82 Å². The summed E-state index contributed by atoms with van der Waals surface area (Å²) in [6, 6.07) is 10.6. The Bertz CT molecular complexity index is 1220. The van der Waals surface area contributed by atoms with Crippen LogP contribution in [0.3, 0.4) is 0 Å². The van der Waals surface area contributed by atoms with Crippen molar-refractivity contribution in [1.29, 1.82) is 0 Å². The lowest BCUT2D eigenvalue weighted by atomic mass is 9.71. The normalized spacial score (nSPS) is 24.2. The predicted molar refractivity (Wildman–Crippen MR) is 123 cm³/mol. The number of nitrogens with zero attached hydrogens (tertiary/aromatic N) is 5. The minimum absolute atomic E-state index is 0.0392. The first-order valence-corrected chi connectivity index (χ1v) is 12.4. The number of fused-ring (bicyclic) bond motifs is 2. The molecule has 0 spiro atoms. The van der Waals surface area contributed by atoms with Crippen LogP contribution in [0.4, 0.5) is 0 Å². The Labute approximate surface area is 196 Å². The number of aromatic nitrogens is 4. The molecule has 33 heavy (non-hydrogen) atoms. The first-order valence-electron chi connectivity index (χ1n) is 11.6. The van der Waals surface area contributed by atoms with Gasteiger partial charge in [-0.1, -0.05) is 30.3 Å². The average Bonchev–Trinajstić information content (AvgIpc) is 3.26. The molecule has 3 aromatic rings. The number of benzene rings is 1. The van der Waals surface area contributed by atoms with E-state index in [-0.39, 0.29) is 29.3 Å². The van der Waals surface area contributed by atoms with Crippen molar-refractivity contribution in [3.63, 3.8) is 0 Å². The van der Waals surface area contributed by atoms with E-state index in [4.69, 9.17) is 0 Å². The molecule has 1 saturated carbocycles. The Kier molecular flexibility index (Phi) is 4.83. The molecule has 2 amide bonds. The Hall–Kier alpha value is -3.07. The van der Waals surface area contributed by atoms with Gasteiger partial charge in [0.1, 0.15) is 11.5 Å². The molecule has 9 heteroatoms. The highest BCUT2D eigenvalue weighted by Gasteiger charge is 2.52. The fourth-order valence-electron chi connectivity index (χ4n) is 5.47. The number of likely N-dealkylation sites (tertiary alicyclic amines) is 1. The molecule has 2 atom stereocenters. The smallest absolute Gasteiger partial charge is 0.289 e. The number of hydrogen-bond acceptors (Lipinski definition) is 6. The van der Waals surface area contributed by atoms with E-state index in [1.54, 1.807) is 0 Å². The molecule has 1 aromatic carbocycles. The van der Waals surface area contributed by atoms with Crippen molar-refractivity contribution in [2.45, 2.75) is 63.1 Å². The van der Waals surface area contributed by atoms with Crippen LogP contribution in [-0.4, -0.2) is 55.1 Å². The molecular weight excluding hydrogens is 436 g/mol. The SMILES string of the molecule is Cc1nc(C(=O)N2CC[C@]3(c4ccccc4)CCc4nnc(C(=O)NC5CC5)n4C[C@H]23)cs1. The fraction of sp³-hybridized carbons (Fsp3) is 0.458. The van der Waals surface area contributed by atoms with Crippen LogP contribution < -0.4 is 5.32 Å². The van der Waals surface area contributed by atoms with Gasteiger partial charge in [-0.25, -0.2) is 4.98 Å². The van der Waals surface area contributed by atoms with Gasteiger partial charge >= 0.3 is 0 Å². The minimum Gasteiger partial charge on any atom is -0.347 e. The molecule has 8 nitrogen and oxygen atoms in total. The van der Waals surface area contributed by atoms with Gasteiger partial charge in [0.25, 0.3) is 11.8 Å². The summed E-state index contributed by atoms with van der Waals surface area (Å²) in [4.78, 5) is 32.9. The van der Waals surface area contributed by atoms with Gasteiger partial charge in [0, 0.05) is 36.3 Å². The summed E-state index contributed by atoms with van der Waals surface area (Å²) >= 11 is 1.49. The molecule has 0 bridgehead atoms. The molecule has 1 N–H and O–H groups in total. The summed E-state index contributed by atoms with van der Waals surface area (Å²) in [7, 11) is 0. The van der Waals surface area contributed by atoms with Crippen LogP contribution >= 0.6 is 11.3 Å². The topological polar surface area (TPSA) is 93.0 Å². The van der Waals surface area contributed by atoms with E-state index in [0.717, 1.165) is 36.5 Å². The third-order valence-corrected chi connectivity index (χ3v) is 8.13. The van der Waals surface area contributed by atoms with Crippen molar-refractivity contribution in [3.8, 4) is 0 Å². The maximum absolute atomic E-state index is 13.6. The number of thiazole rings is 1. The predicted octanol–water partition coefficient (Wildman–Crippen LogP) is 2.73. The Morgan fingerprint density at radius 1 is 1.15 bits per heavy atom. The summed E-state index contributed by atoms with van der Waals surface area (Å²) in [6.45, 7) is 3.08. The summed E-state index contributed by atoms with van der Waals surface area (Å²) in [6.07, 6.45) is 4.47. The highest BCUT2D eigenvalue weighted by atomic mass is 32.1. The molecular formula is C24H26N6O2S. The third kappa shape index (κ3) is 3.45. The number of nitrogens with one attached hydrogen (secondary N) is 1. The number of hydrogen-bond donors (Lipinski definition) is 1. The molecule has 1 saturated heterocycles. The van der Waals surface area contributed by atoms with Crippen LogP contribution in [0.1, 0.15) is 63.2 Å². The van der Waals surface area contributed by atoms with E-state index in [9.17, 15) is 9.59 Å². The van der Waals surface area contributed by atoms with Gasteiger partial charge < -0.3 is 14.8 Å². The minimum atomic E-state index is -0.201. The lowest BCUT2D eigenvalue weighted by molar-refractivity contribution is 0.0682. The second-order valence-electron chi connectivity index (χ2n) is 9.34. The maximum Gasteiger partial charge on any atom is 0.289 e. The largest absolute Gasteiger partial charge is 0.347 e. The van der Waals surface area contributed by atoms with Crippen LogP contribution in [0, 0.1) is 6.92 Å². The zero-order valence-electron chi connectivity index (χ0n) is 18.5. The lowest BCUT2D eigenvalue weighted by Crippen LogP contribution is -2.47. The van der Waals surface area contributed by atoms with E-state index < -0.39 is 0 Å². The molecule has 0 unspecified atom stereocenters. The van der Waals surface area contributed by atoms with Crippen LogP contribution in [0.25, 0.3) is 0 Å². The molecule has 170 valence electrons. The van der Waals surface area contributed by atoms with Crippen LogP contribution in [0.5, 0.6) is 0 Å². The second-order valence-corrected chi connectivity index (χ2v) is 10.4. The zero-order chi connectivity index (χ0) is 22.6. The first-order chi connectivity index (χ1) is 16.0. The van der Waals surface area contributed by atoms with Gasteiger partial charge in [-0.15, -0.1) is 21.5 Å². The fourth-order valence-corrected chi connectivity index (χ4v) is 6.06. The van der Waals surface area contributed by atoms with Gasteiger partial charge in [-0.2, -0.15) is 0 Å². The number of rotatable bonds is 4. The van der Waals surface area contributed by atoms with Crippen LogP contribution in [0.2, 0.25) is 0 Å². The Morgan fingerprint density at radius 2 is 1.97 bits per heavy atom. The third-order valence-electron chi connectivity index (χ3n) is 7.35. The second kappa shape index (κ2) is 7.76. The van der Waals surface area contributed by atoms with Crippen molar-refractivity contribution in [2.24, 2.45) is 0 Å². The van der Waals surface area contributed by atoms with Crippen molar-refractivity contribution in [1.82, 2.24) is 30.0 Å². The quantitative estimate of drug-likeness (QED) is 0.644. The maximum atomic E-state index is 13.6. The number of aryl methyl sites for hydroxylation is 2. The van der Waals surface area contributed by atoms with Crippen LogP contribution in [0.15, 0.2) is 35.7 Å². The van der Waals surface area contributed by atoms with E-state index in [1.165, 1.54) is 16.9 Å². The van der Waals surface area contributed by atoms with Gasteiger partial charge in [0.05, 0.1) is 11.0 Å². The standard InChI is InChI=1S/C24H26N6O2S/c1-15-25-18(14-33-15)23(32)29-12-11-24(16-5-3-2-4-6-16)10-9-20-27-28-21(30(20)13-19(24)29)22(31)26-17-7-8-17/h2-6,14,17,19H,7-13H2,1H3,(H,26,31)/t19-,24-/m0/s1. The van der Waals surface area contributed by atoms with Gasteiger partial charge in [-0.05, 0) is 38.2 Å². The molecule has 4 heterocycles. The number of amides is 2. The highest BCUT2D eigenvalue weighted by molar-refractivity contribution is 7.09. The first kappa shape index (κ1) is 20.5. The van der Waals surface area contributed by atoms with E-state index in [2.05, 4.69) is 44.8 Å². The van der Waals surface area contributed by atoms with Crippen LogP contribution in [-0.2, 0) is 18.4 Å². The van der Waals surface area contributed by atoms with E-state index in [1.807, 2.05) is 27.8 Å². The summed E-state index contributed by atoms with van der Waals surface area (Å²) in [5, 5.41) is 14.4. The molecule has 6 rings (SSSR count). The summed E-state index contributed by atoms with van der Waals surface area (Å²) < 4.78 is 1.95. The monoisotopic (exact) mass is 462 g/mol. The zero-order valence-corrected chi connectivity index (χ0v) is 19.3. The molecule has 2 fully saturated rings. The van der Waals surface area contributed by atoms with Gasteiger partial charge in [0.15, 0.2) is 0 Å². The van der Waals surface area contributed by atoms with E-state index in [0.29, 0.717) is 31.0 Å². The van der Waals surface area contributed by atoms with Crippen molar-refractivity contribution in [3.05, 3.63) is 63.6 Å². The molecule has 1 aliphatic carbocycles. The van der Waals surface area contributed by atoms with Crippen molar-refractivity contribution >= 4 is 23.2 Å². The van der Waals surface area contributed by atoms with E-state index >= 15 is 0 Å². The molecule has 2 aliphatic heterocycles. The highest BCUT2D eigenvalue weighted by Crippen LogP contribution is 2.46. The number of carbonyl (C=O) groups excluding carboxylic acids is 2. The molecule has 3 aliphatic rings. The Balaban J connectivity index is 1.41. The van der Waals surface area contributed by atoms with Gasteiger partial charge in [-0.3, -0.25) is 9.59 Å². The number of carbonyl (C=O) groups is 2. The summed E-state index contributed by atoms with van der Waals surface area (Å²) in [5.41, 5.74) is 1.54.